The van der Waals surface area contributed by atoms with E-state index in [0.717, 1.165) is 57.0 Å². The maximum Gasteiger partial charge on any atom is 0.220 e. The van der Waals surface area contributed by atoms with E-state index in [1.54, 1.807) is 0 Å². The third kappa shape index (κ3) is 8.09. The van der Waals surface area contributed by atoms with Gasteiger partial charge in [0.25, 0.3) is 0 Å². The summed E-state index contributed by atoms with van der Waals surface area (Å²) in [5, 5.41) is 10.8. The van der Waals surface area contributed by atoms with Crippen molar-refractivity contribution in [2.75, 3.05) is 47.3 Å². The summed E-state index contributed by atoms with van der Waals surface area (Å²) in [6.45, 7) is 5.05. The van der Waals surface area contributed by atoms with Gasteiger partial charge in [-0.3, -0.25) is 9.69 Å². The fraction of sp³-hybridized carbons (Fsp3) is 0.583. The largest absolute Gasteiger partial charge is 0.360 e. The van der Waals surface area contributed by atoms with Crippen LogP contribution >= 0.6 is 0 Å². The van der Waals surface area contributed by atoms with Gasteiger partial charge in [-0.1, -0.05) is 35.5 Å². The number of hydrogen-bond donors (Lipinski definition) is 2. The van der Waals surface area contributed by atoms with Crippen LogP contribution in [0.3, 0.4) is 0 Å². The second-order valence-electron chi connectivity index (χ2n) is 9.02. The van der Waals surface area contributed by atoms with Crippen LogP contribution in [-0.2, 0) is 24.3 Å². The minimum Gasteiger partial charge on any atom is -0.360 e. The lowest BCUT2D eigenvalue weighted by Crippen LogP contribution is -2.41. The first-order valence-electron chi connectivity index (χ1n) is 11.3. The quantitative estimate of drug-likeness (QED) is 0.572. The van der Waals surface area contributed by atoms with Crippen molar-refractivity contribution in [1.29, 1.82) is 0 Å². The van der Waals surface area contributed by atoms with E-state index in [2.05, 4.69) is 63.0 Å². The zero-order chi connectivity index (χ0) is 22.1. The summed E-state index contributed by atoms with van der Waals surface area (Å²) in [7, 11) is 6.12. The minimum atomic E-state index is 0.155. The SMILES string of the molecule is CN(C)CCNC(=O)C[C@H]1CCNC[C@@H]1Cc1cc(CN(C)Cc2ccccc2)on1. The lowest BCUT2D eigenvalue weighted by Gasteiger charge is -2.31. The van der Waals surface area contributed by atoms with Crippen molar-refractivity contribution in [2.45, 2.75) is 32.4 Å². The van der Waals surface area contributed by atoms with Gasteiger partial charge in [0.1, 0.15) is 0 Å². The van der Waals surface area contributed by atoms with Gasteiger partial charge < -0.3 is 20.1 Å². The number of nitrogens with one attached hydrogen (secondary N) is 2. The smallest absolute Gasteiger partial charge is 0.220 e. The highest BCUT2D eigenvalue weighted by molar-refractivity contribution is 5.76. The topological polar surface area (TPSA) is 73.6 Å². The first-order valence-corrected chi connectivity index (χ1v) is 11.3. The Morgan fingerprint density at radius 3 is 2.77 bits per heavy atom. The van der Waals surface area contributed by atoms with Gasteiger partial charge in [0, 0.05) is 32.1 Å². The van der Waals surface area contributed by atoms with Gasteiger partial charge in [0.15, 0.2) is 5.76 Å². The van der Waals surface area contributed by atoms with Gasteiger partial charge in [-0.15, -0.1) is 0 Å². The Labute approximate surface area is 186 Å². The predicted molar refractivity (Wildman–Crippen MR) is 122 cm³/mol. The summed E-state index contributed by atoms with van der Waals surface area (Å²) in [6.07, 6.45) is 2.45. The second-order valence-corrected chi connectivity index (χ2v) is 9.02. The minimum absolute atomic E-state index is 0.155. The third-order valence-electron chi connectivity index (χ3n) is 5.89. The third-order valence-corrected chi connectivity index (χ3v) is 5.89. The lowest BCUT2D eigenvalue weighted by atomic mass is 9.81. The molecule has 1 amide bonds. The second kappa shape index (κ2) is 12.0. The van der Waals surface area contributed by atoms with Crippen LogP contribution in [0.5, 0.6) is 0 Å². The molecule has 0 saturated carbocycles. The number of nitrogens with zero attached hydrogens (tertiary/aromatic N) is 3. The van der Waals surface area contributed by atoms with Gasteiger partial charge in [-0.25, -0.2) is 0 Å². The first kappa shape index (κ1) is 23.4. The number of aromatic nitrogens is 1. The van der Waals surface area contributed by atoms with Crippen molar-refractivity contribution >= 4 is 5.91 Å². The molecule has 2 heterocycles. The maximum atomic E-state index is 12.4. The molecular weight excluding hydrogens is 390 g/mol. The molecule has 0 radical (unpaired) electrons. The molecule has 1 aliphatic rings. The van der Waals surface area contributed by atoms with Crippen LogP contribution in [0, 0.1) is 11.8 Å². The number of rotatable bonds is 11. The van der Waals surface area contributed by atoms with Gasteiger partial charge in [0.2, 0.25) is 5.91 Å². The van der Waals surface area contributed by atoms with Gasteiger partial charge in [-0.2, -0.15) is 0 Å². The number of hydrogen-bond acceptors (Lipinski definition) is 6. The highest BCUT2D eigenvalue weighted by Crippen LogP contribution is 2.26. The molecule has 0 unspecified atom stereocenters. The van der Waals surface area contributed by atoms with Crippen LogP contribution in [0.1, 0.15) is 29.9 Å². The Morgan fingerprint density at radius 1 is 1.19 bits per heavy atom. The van der Waals surface area contributed by atoms with Crippen LogP contribution < -0.4 is 10.6 Å². The van der Waals surface area contributed by atoms with E-state index in [9.17, 15) is 4.79 Å². The van der Waals surface area contributed by atoms with Crippen LogP contribution in [0.4, 0.5) is 0 Å². The number of benzene rings is 1. The molecule has 1 fully saturated rings. The van der Waals surface area contributed by atoms with Crippen molar-refractivity contribution in [1.82, 2.24) is 25.6 Å². The molecule has 1 saturated heterocycles. The molecule has 0 aliphatic carbocycles. The van der Waals surface area contributed by atoms with Crippen molar-refractivity contribution in [3.05, 3.63) is 53.4 Å². The van der Waals surface area contributed by atoms with Crippen LogP contribution in [-0.4, -0.2) is 68.2 Å². The average Bonchev–Trinajstić information content (AvgIpc) is 3.16. The number of carbonyl (C=O) groups is 1. The molecule has 7 nitrogen and oxygen atoms in total. The highest BCUT2D eigenvalue weighted by atomic mass is 16.5. The van der Waals surface area contributed by atoms with E-state index in [0.29, 0.717) is 24.8 Å². The van der Waals surface area contributed by atoms with Crippen LogP contribution in [0.15, 0.2) is 40.9 Å². The molecule has 7 heteroatoms. The van der Waals surface area contributed by atoms with Crippen molar-refractivity contribution in [3.63, 3.8) is 0 Å². The van der Waals surface area contributed by atoms with E-state index < -0.39 is 0 Å². The number of carbonyl (C=O) groups excluding carboxylic acids is 1. The summed E-state index contributed by atoms with van der Waals surface area (Å²) in [5.74, 6) is 1.81. The van der Waals surface area contributed by atoms with Crippen LogP contribution in [0.25, 0.3) is 0 Å². The molecule has 2 atom stereocenters. The number of amides is 1. The normalized spacial score (nSPS) is 19.1. The van der Waals surface area contributed by atoms with Gasteiger partial charge >= 0.3 is 0 Å². The van der Waals surface area contributed by atoms with Crippen molar-refractivity contribution < 1.29 is 9.32 Å². The van der Waals surface area contributed by atoms with E-state index in [-0.39, 0.29) is 5.91 Å². The molecular formula is C24H37N5O2. The molecule has 0 bridgehead atoms. The Balaban J connectivity index is 1.48. The molecule has 3 rings (SSSR count). The molecule has 31 heavy (non-hydrogen) atoms. The standard InChI is InChI=1S/C24H37N5O2/c1-28(2)12-11-26-24(30)14-20-9-10-25-16-21(20)13-22-15-23(31-27-22)18-29(3)17-19-7-5-4-6-8-19/h4-8,15,20-21,25H,9-14,16-18H2,1-3H3,(H,26,30)/t20-,21+/m1/s1. The van der Waals surface area contributed by atoms with E-state index in [1.807, 2.05) is 20.2 Å². The first-order chi connectivity index (χ1) is 15.0. The summed E-state index contributed by atoms with van der Waals surface area (Å²) in [4.78, 5) is 16.7. The summed E-state index contributed by atoms with van der Waals surface area (Å²) < 4.78 is 5.61. The van der Waals surface area contributed by atoms with E-state index in [1.165, 1.54) is 5.56 Å². The fourth-order valence-electron chi connectivity index (χ4n) is 4.23. The maximum absolute atomic E-state index is 12.4. The Hall–Kier alpha value is -2.22. The van der Waals surface area contributed by atoms with Gasteiger partial charge in [-0.05, 0) is 64.5 Å². The summed E-state index contributed by atoms with van der Waals surface area (Å²) >= 11 is 0. The predicted octanol–water partition coefficient (Wildman–Crippen LogP) is 2.14. The molecule has 170 valence electrons. The zero-order valence-corrected chi connectivity index (χ0v) is 19.1. The number of likely N-dealkylation sites (N-methyl/N-ethyl adjacent to an activating group) is 1. The molecule has 0 spiro atoms. The molecule has 1 aromatic carbocycles. The van der Waals surface area contributed by atoms with E-state index >= 15 is 0 Å². The molecule has 2 N–H and O–H groups in total. The monoisotopic (exact) mass is 427 g/mol. The van der Waals surface area contributed by atoms with Crippen molar-refractivity contribution in [2.24, 2.45) is 11.8 Å². The lowest BCUT2D eigenvalue weighted by molar-refractivity contribution is -0.122. The summed E-state index contributed by atoms with van der Waals surface area (Å²) in [6, 6.07) is 12.5. The Bertz CT molecular complexity index is 792. The fourth-order valence-corrected chi connectivity index (χ4v) is 4.23. The summed E-state index contributed by atoms with van der Waals surface area (Å²) in [5.41, 5.74) is 2.26. The average molecular weight is 428 g/mol. The Morgan fingerprint density at radius 2 is 2.00 bits per heavy atom. The molecule has 2 aromatic rings. The highest BCUT2D eigenvalue weighted by Gasteiger charge is 2.28. The van der Waals surface area contributed by atoms with Crippen LogP contribution in [0.2, 0.25) is 0 Å². The van der Waals surface area contributed by atoms with Gasteiger partial charge in [0.05, 0.1) is 12.2 Å². The molecule has 1 aromatic heterocycles. The Kier molecular flexibility index (Phi) is 9.06. The molecule has 1 aliphatic heterocycles. The van der Waals surface area contributed by atoms with E-state index in [4.69, 9.17) is 4.52 Å². The number of piperidine rings is 1. The zero-order valence-electron chi connectivity index (χ0n) is 19.1. The van der Waals surface area contributed by atoms with Crippen molar-refractivity contribution in [3.8, 4) is 0 Å².